The minimum Gasteiger partial charge on any atom is -0.376 e. The maximum atomic E-state index is 5.94. The summed E-state index contributed by atoms with van der Waals surface area (Å²) in [6, 6.07) is 16.6. The highest BCUT2D eigenvalue weighted by molar-refractivity contribution is 5.48. The predicted octanol–water partition coefficient (Wildman–Crippen LogP) is 6.12. The van der Waals surface area contributed by atoms with Gasteiger partial charge in [0, 0.05) is 5.92 Å². The van der Waals surface area contributed by atoms with Crippen molar-refractivity contribution in [3.8, 4) is 0 Å². The standard InChI is InChI=1S/C24H30O2/c1-4-8-24(18-25-16-22-13-11-20(5-2)12-14-22)19-26-17-23-10-7-9-21(6-3)15-23/h5-7,9-15,24H,2-4,8,16-19H2,1H3. The van der Waals surface area contributed by atoms with Crippen molar-refractivity contribution in [2.24, 2.45) is 5.92 Å². The van der Waals surface area contributed by atoms with Crippen LogP contribution in [0.4, 0.5) is 0 Å². The third-order valence-corrected chi connectivity index (χ3v) is 4.34. The van der Waals surface area contributed by atoms with E-state index >= 15 is 0 Å². The highest BCUT2D eigenvalue weighted by Gasteiger charge is 2.09. The fraction of sp³-hybridized carbons (Fsp3) is 0.333. The summed E-state index contributed by atoms with van der Waals surface area (Å²) in [6.07, 6.45) is 5.96. The van der Waals surface area contributed by atoms with E-state index in [-0.39, 0.29) is 0 Å². The molecule has 2 heteroatoms. The Kier molecular flexibility index (Phi) is 8.88. The zero-order chi connectivity index (χ0) is 18.6. The first-order chi connectivity index (χ1) is 12.7. The van der Waals surface area contributed by atoms with Gasteiger partial charge in [-0.15, -0.1) is 0 Å². The normalized spacial score (nSPS) is 11.9. The average Bonchev–Trinajstić information content (AvgIpc) is 2.68. The van der Waals surface area contributed by atoms with Gasteiger partial charge in [0.1, 0.15) is 0 Å². The molecule has 0 spiro atoms. The summed E-state index contributed by atoms with van der Waals surface area (Å²) < 4.78 is 11.9. The van der Waals surface area contributed by atoms with Gasteiger partial charge in [-0.1, -0.05) is 81.1 Å². The third kappa shape index (κ3) is 6.99. The van der Waals surface area contributed by atoms with Crippen molar-refractivity contribution in [2.75, 3.05) is 13.2 Å². The Morgan fingerprint density at radius 2 is 1.50 bits per heavy atom. The van der Waals surface area contributed by atoms with Gasteiger partial charge in [-0.05, 0) is 34.7 Å². The molecule has 0 heterocycles. The largest absolute Gasteiger partial charge is 0.376 e. The molecule has 0 amide bonds. The second-order valence-electron chi connectivity index (χ2n) is 6.58. The summed E-state index contributed by atoms with van der Waals surface area (Å²) >= 11 is 0. The predicted molar refractivity (Wildman–Crippen MR) is 111 cm³/mol. The molecule has 0 aliphatic heterocycles. The average molecular weight is 351 g/mol. The SMILES string of the molecule is C=Cc1ccc(COCC(CCC)COCc2cccc(C=C)c2)cc1. The second kappa shape index (κ2) is 11.5. The van der Waals surface area contributed by atoms with Crippen LogP contribution in [0.5, 0.6) is 0 Å². The fourth-order valence-corrected chi connectivity index (χ4v) is 2.87. The molecule has 0 N–H and O–H groups in total. The summed E-state index contributed by atoms with van der Waals surface area (Å²) in [5.74, 6) is 0.426. The van der Waals surface area contributed by atoms with Crippen molar-refractivity contribution in [3.63, 3.8) is 0 Å². The van der Waals surface area contributed by atoms with Gasteiger partial charge >= 0.3 is 0 Å². The second-order valence-corrected chi connectivity index (χ2v) is 6.58. The van der Waals surface area contributed by atoms with E-state index in [1.807, 2.05) is 24.3 Å². The van der Waals surface area contributed by atoms with Gasteiger partial charge in [0.05, 0.1) is 26.4 Å². The molecule has 2 aromatic rings. The lowest BCUT2D eigenvalue weighted by atomic mass is 10.1. The molecule has 1 atom stereocenters. The molecule has 26 heavy (non-hydrogen) atoms. The number of ether oxygens (including phenoxy) is 2. The van der Waals surface area contributed by atoms with Gasteiger partial charge in [0.25, 0.3) is 0 Å². The number of hydrogen-bond acceptors (Lipinski definition) is 2. The molecule has 0 saturated heterocycles. The van der Waals surface area contributed by atoms with Crippen LogP contribution < -0.4 is 0 Å². The highest BCUT2D eigenvalue weighted by atomic mass is 16.5. The molecule has 138 valence electrons. The van der Waals surface area contributed by atoms with E-state index in [0.29, 0.717) is 19.1 Å². The van der Waals surface area contributed by atoms with Crippen LogP contribution in [-0.4, -0.2) is 13.2 Å². The van der Waals surface area contributed by atoms with E-state index in [9.17, 15) is 0 Å². The molecular weight excluding hydrogens is 320 g/mol. The van der Waals surface area contributed by atoms with Gasteiger partial charge in [0.2, 0.25) is 0 Å². The van der Waals surface area contributed by atoms with Gasteiger partial charge < -0.3 is 9.47 Å². The van der Waals surface area contributed by atoms with Gasteiger partial charge in [-0.25, -0.2) is 0 Å². The van der Waals surface area contributed by atoms with Crippen LogP contribution in [-0.2, 0) is 22.7 Å². The lowest BCUT2D eigenvalue weighted by Crippen LogP contribution is -2.16. The smallest absolute Gasteiger partial charge is 0.0717 e. The lowest BCUT2D eigenvalue weighted by Gasteiger charge is -2.17. The van der Waals surface area contributed by atoms with Crippen molar-refractivity contribution in [2.45, 2.75) is 33.0 Å². The van der Waals surface area contributed by atoms with Gasteiger partial charge in [0.15, 0.2) is 0 Å². The van der Waals surface area contributed by atoms with Crippen LogP contribution in [0.25, 0.3) is 12.2 Å². The highest BCUT2D eigenvalue weighted by Crippen LogP contribution is 2.13. The summed E-state index contributed by atoms with van der Waals surface area (Å²) in [4.78, 5) is 0. The zero-order valence-electron chi connectivity index (χ0n) is 15.8. The molecule has 0 aromatic heterocycles. The Morgan fingerprint density at radius 1 is 0.846 bits per heavy atom. The molecule has 0 aliphatic rings. The Labute approximate surface area is 158 Å². The molecule has 2 rings (SSSR count). The van der Waals surface area contributed by atoms with Crippen molar-refractivity contribution in [1.82, 2.24) is 0 Å². The van der Waals surface area contributed by atoms with Crippen molar-refractivity contribution < 1.29 is 9.47 Å². The lowest BCUT2D eigenvalue weighted by molar-refractivity contribution is 0.0238. The quantitative estimate of drug-likeness (QED) is 0.459. The Hall–Kier alpha value is -2.16. The van der Waals surface area contributed by atoms with Crippen LogP contribution >= 0.6 is 0 Å². The summed E-state index contributed by atoms with van der Waals surface area (Å²) in [7, 11) is 0. The van der Waals surface area contributed by atoms with Crippen LogP contribution in [0.3, 0.4) is 0 Å². The van der Waals surface area contributed by atoms with E-state index in [2.05, 4.69) is 56.5 Å². The van der Waals surface area contributed by atoms with E-state index in [0.717, 1.165) is 37.2 Å². The maximum absolute atomic E-state index is 5.94. The van der Waals surface area contributed by atoms with E-state index in [1.165, 1.54) is 11.1 Å². The first kappa shape index (κ1) is 20.2. The molecule has 0 bridgehead atoms. The molecule has 2 nitrogen and oxygen atoms in total. The van der Waals surface area contributed by atoms with Crippen molar-refractivity contribution >= 4 is 12.2 Å². The molecule has 0 aliphatic carbocycles. The van der Waals surface area contributed by atoms with E-state index in [1.54, 1.807) is 0 Å². The van der Waals surface area contributed by atoms with Crippen LogP contribution in [0.1, 0.15) is 42.0 Å². The zero-order valence-corrected chi connectivity index (χ0v) is 15.8. The van der Waals surface area contributed by atoms with Gasteiger partial charge in [-0.2, -0.15) is 0 Å². The Balaban J connectivity index is 1.74. The van der Waals surface area contributed by atoms with Crippen LogP contribution in [0, 0.1) is 5.92 Å². The number of hydrogen-bond donors (Lipinski definition) is 0. The Bertz CT molecular complexity index is 673. The van der Waals surface area contributed by atoms with Crippen LogP contribution in [0.15, 0.2) is 61.7 Å². The summed E-state index contributed by atoms with van der Waals surface area (Å²) in [5.41, 5.74) is 4.63. The maximum Gasteiger partial charge on any atom is 0.0717 e. The van der Waals surface area contributed by atoms with E-state index in [4.69, 9.17) is 9.47 Å². The van der Waals surface area contributed by atoms with Crippen molar-refractivity contribution in [3.05, 3.63) is 83.9 Å². The molecule has 2 aromatic carbocycles. The molecule has 0 saturated carbocycles. The van der Waals surface area contributed by atoms with Crippen LogP contribution in [0.2, 0.25) is 0 Å². The molecule has 0 fully saturated rings. The molecular formula is C24H30O2. The Morgan fingerprint density at radius 3 is 2.12 bits per heavy atom. The third-order valence-electron chi connectivity index (χ3n) is 4.34. The topological polar surface area (TPSA) is 18.5 Å². The number of rotatable bonds is 12. The molecule has 0 radical (unpaired) electrons. The molecule has 1 unspecified atom stereocenters. The van der Waals surface area contributed by atoms with Crippen molar-refractivity contribution in [1.29, 1.82) is 0 Å². The summed E-state index contributed by atoms with van der Waals surface area (Å²) in [6.45, 7) is 12.5. The number of benzene rings is 2. The first-order valence-corrected chi connectivity index (χ1v) is 9.33. The monoisotopic (exact) mass is 350 g/mol. The minimum absolute atomic E-state index is 0.426. The first-order valence-electron chi connectivity index (χ1n) is 9.33. The van der Waals surface area contributed by atoms with E-state index < -0.39 is 0 Å². The van der Waals surface area contributed by atoms with Gasteiger partial charge in [-0.3, -0.25) is 0 Å². The summed E-state index contributed by atoms with van der Waals surface area (Å²) in [5, 5.41) is 0. The fourth-order valence-electron chi connectivity index (χ4n) is 2.87. The minimum atomic E-state index is 0.426.